The van der Waals surface area contributed by atoms with Crippen LogP contribution in [0.25, 0.3) is 0 Å². The molecule has 0 aliphatic rings. The number of aromatic nitrogens is 3. The van der Waals surface area contributed by atoms with Crippen molar-refractivity contribution in [3.05, 3.63) is 34.2 Å². The number of aromatic amines is 1. The van der Waals surface area contributed by atoms with Crippen LogP contribution in [0.1, 0.15) is 21.7 Å². The summed E-state index contributed by atoms with van der Waals surface area (Å²) in [6.45, 7) is 3.65. The maximum Gasteiger partial charge on any atom is 0.257 e. The molecule has 0 unspecified atom stereocenters. The van der Waals surface area contributed by atoms with Crippen LogP contribution in [0.3, 0.4) is 0 Å². The molecule has 2 heterocycles. The van der Waals surface area contributed by atoms with E-state index in [1.807, 2.05) is 13.8 Å². The Balaban J connectivity index is 2.23. The Kier molecular flexibility index (Phi) is 3.71. The van der Waals surface area contributed by atoms with Crippen LogP contribution < -0.4 is 10.6 Å². The Bertz CT molecular complexity index is 603. The third-order valence-corrected chi connectivity index (χ3v) is 2.99. The summed E-state index contributed by atoms with van der Waals surface area (Å²) in [6, 6.07) is 1.57. The van der Waals surface area contributed by atoms with E-state index in [4.69, 9.17) is 11.6 Å². The Morgan fingerprint density at radius 3 is 2.68 bits per heavy atom. The molecule has 0 atom stereocenters. The Morgan fingerprint density at radius 1 is 1.42 bits per heavy atom. The van der Waals surface area contributed by atoms with E-state index in [0.29, 0.717) is 22.1 Å². The number of carbonyl (C=O) groups excluding carboxylic acids is 1. The van der Waals surface area contributed by atoms with E-state index < -0.39 is 0 Å². The highest BCUT2D eigenvalue weighted by molar-refractivity contribution is 6.33. The second-order valence-electron chi connectivity index (χ2n) is 4.07. The number of halogens is 1. The molecule has 7 heteroatoms. The molecule has 0 aliphatic heterocycles. The van der Waals surface area contributed by atoms with Crippen LogP contribution in [-0.2, 0) is 0 Å². The fourth-order valence-electron chi connectivity index (χ4n) is 1.67. The minimum absolute atomic E-state index is 0.273. The SMILES string of the molecule is CNc1ncc(C(=O)Nc2c(C)n[nH]c2C)cc1Cl. The van der Waals surface area contributed by atoms with Gasteiger partial charge in [-0.15, -0.1) is 0 Å². The number of carbonyl (C=O) groups is 1. The van der Waals surface area contributed by atoms with Crippen molar-refractivity contribution < 1.29 is 4.79 Å². The first-order valence-electron chi connectivity index (χ1n) is 5.69. The molecule has 2 aromatic heterocycles. The first-order chi connectivity index (χ1) is 9.02. The molecule has 0 saturated heterocycles. The number of amides is 1. The lowest BCUT2D eigenvalue weighted by Crippen LogP contribution is -2.13. The molecule has 100 valence electrons. The predicted molar refractivity (Wildman–Crippen MR) is 74.8 cm³/mol. The second kappa shape index (κ2) is 5.27. The largest absolute Gasteiger partial charge is 0.372 e. The number of hydrogen-bond donors (Lipinski definition) is 3. The first-order valence-corrected chi connectivity index (χ1v) is 6.07. The molecule has 0 radical (unpaired) electrons. The Hall–Kier alpha value is -2.08. The first kappa shape index (κ1) is 13.4. The summed E-state index contributed by atoms with van der Waals surface area (Å²) in [7, 11) is 1.71. The lowest BCUT2D eigenvalue weighted by atomic mass is 10.2. The van der Waals surface area contributed by atoms with E-state index >= 15 is 0 Å². The molecular formula is C12H14ClN5O. The van der Waals surface area contributed by atoms with Gasteiger partial charge >= 0.3 is 0 Å². The average molecular weight is 280 g/mol. The predicted octanol–water partition coefficient (Wildman–Crippen LogP) is 2.37. The molecule has 1 amide bonds. The van der Waals surface area contributed by atoms with Crippen LogP contribution in [0, 0.1) is 13.8 Å². The van der Waals surface area contributed by atoms with Crippen molar-refractivity contribution in [2.75, 3.05) is 17.7 Å². The van der Waals surface area contributed by atoms with Gasteiger partial charge in [0.15, 0.2) is 0 Å². The number of hydrogen-bond acceptors (Lipinski definition) is 4. The van der Waals surface area contributed by atoms with Crippen molar-refractivity contribution in [2.45, 2.75) is 13.8 Å². The summed E-state index contributed by atoms with van der Waals surface area (Å²) in [5.41, 5.74) is 2.61. The van der Waals surface area contributed by atoms with E-state index in [9.17, 15) is 4.79 Å². The summed E-state index contributed by atoms with van der Waals surface area (Å²) in [6.07, 6.45) is 1.47. The van der Waals surface area contributed by atoms with Crippen LogP contribution in [0.4, 0.5) is 11.5 Å². The fourth-order valence-corrected chi connectivity index (χ4v) is 1.93. The standard InChI is InChI=1S/C12H14ClN5O/c1-6-10(7(2)18-17-6)16-12(19)8-4-9(13)11(14-3)15-5-8/h4-5H,1-3H3,(H,14,15)(H,16,19)(H,17,18). The van der Waals surface area contributed by atoms with E-state index in [0.717, 1.165) is 11.4 Å². The number of pyridine rings is 1. The van der Waals surface area contributed by atoms with Crippen LogP contribution in [0.2, 0.25) is 5.02 Å². The molecule has 3 N–H and O–H groups in total. The van der Waals surface area contributed by atoms with E-state index in [2.05, 4.69) is 25.8 Å². The van der Waals surface area contributed by atoms with Gasteiger partial charge in [-0.1, -0.05) is 11.6 Å². The molecule has 0 spiro atoms. The zero-order valence-electron chi connectivity index (χ0n) is 10.8. The molecule has 6 nitrogen and oxygen atoms in total. The highest BCUT2D eigenvalue weighted by Crippen LogP contribution is 2.21. The third kappa shape index (κ3) is 2.68. The van der Waals surface area contributed by atoms with Crippen molar-refractivity contribution in [1.29, 1.82) is 0 Å². The summed E-state index contributed by atoms with van der Waals surface area (Å²) in [4.78, 5) is 16.2. The quantitative estimate of drug-likeness (QED) is 0.805. The topological polar surface area (TPSA) is 82.7 Å². The molecule has 19 heavy (non-hydrogen) atoms. The van der Waals surface area contributed by atoms with E-state index in [1.165, 1.54) is 6.20 Å². The van der Waals surface area contributed by atoms with E-state index in [-0.39, 0.29) is 5.91 Å². The molecule has 2 rings (SSSR count). The second-order valence-corrected chi connectivity index (χ2v) is 4.47. The van der Waals surface area contributed by atoms with Crippen molar-refractivity contribution in [2.24, 2.45) is 0 Å². The Labute approximate surface area is 115 Å². The summed E-state index contributed by atoms with van der Waals surface area (Å²) in [5, 5.41) is 12.8. The summed E-state index contributed by atoms with van der Waals surface area (Å²) >= 11 is 5.99. The van der Waals surface area contributed by atoms with Gasteiger partial charge in [0.05, 0.1) is 27.7 Å². The molecule has 0 fully saturated rings. The zero-order valence-corrected chi connectivity index (χ0v) is 11.6. The third-order valence-electron chi connectivity index (χ3n) is 2.71. The van der Waals surface area contributed by atoms with Crippen LogP contribution in [0.5, 0.6) is 0 Å². The normalized spacial score (nSPS) is 10.3. The number of aryl methyl sites for hydroxylation is 2. The van der Waals surface area contributed by atoms with Gasteiger partial charge in [0, 0.05) is 13.2 Å². The van der Waals surface area contributed by atoms with Gasteiger partial charge in [-0.05, 0) is 19.9 Å². The van der Waals surface area contributed by atoms with Crippen molar-refractivity contribution in [3.8, 4) is 0 Å². The summed E-state index contributed by atoms with van der Waals surface area (Å²) < 4.78 is 0. The van der Waals surface area contributed by atoms with Gasteiger partial charge in [-0.2, -0.15) is 5.10 Å². The van der Waals surface area contributed by atoms with Gasteiger partial charge in [-0.25, -0.2) is 4.98 Å². The maximum absolute atomic E-state index is 12.1. The van der Waals surface area contributed by atoms with Gasteiger partial charge in [-0.3, -0.25) is 9.89 Å². The molecule has 0 bridgehead atoms. The highest BCUT2D eigenvalue weighted by Gasteiger charge is 2.13. The lowest BCUT2D eigenvalue weighted by molar-refractivity contribution is 0.102. The minimum Gasteiger partial charge on any atom is -0.372 e. The number of nitrogens with one attached hydrogen (secondary N) is 3. The summed E-state index contributed by atoms with van der Waals surface area (Å²) in [5.74, 6) is 0.263. The molecular weight excluding hydrogens is 266 g/mol. The van der Waals surface area contributed by atoms with E-state index in [1.54, 1.807) is 13.1 Å². The zero-order chi connectivity index (χ0) is 14.0. The molecule has 2 aromatic rings. The van der Waals surface area contributed by atoms with Crippen LogP contribution >= 0.6 is 11.6 Å². The van der Waals surface area contributed by atoms with Crippen molar-refractivity contribution >= 4 is 29.0 Å². The van der Waals surface area contributed by atoms with Crippen molar-refractivity contribution in [3.63, 3.8) is 0 Å². The highest BCUT2D eigenvalue weighted by atomic mass is 35.5. The number of anilines is 2. The lowest BCUT2D eigenvalue weighted by Gasteiger charge is -2.07. The number of nitrogens with zero attached hydrogens (tertiary/aromatic N) is 2. The van der Waals surface area contributed by atoms with Crippen molar-refractivity contribution in [1.82, 2.24) is 15.2 Å². The maximum atomic E-state index is 12.1. The monoisotopic (exact) mass is 279 g/mol. The number of rotatable bonds is 3. The molecule has 0 aromatic carbocycles. The van der Waals surface area contributed by atoms with Crippen LogP contribution in [0.15, 0.2) is 12.3 Å². The Morgan fingerprint density at radius 2 is 2.16 bits per heavy atom. The smallest absolute Gasteiger partial charge is 0.257 e. The van der Waals surface area contributed by atoms with Crippen LogP contribution in [-0.4, -0.2) is 28.1 Å². The average Bonchev–Trinajstić information content (AvgIpc) is 2.70. The fraction of sp³-hybridized carbons (Fsp3) is 0.250. The minimum atomic E-state index is -0.273. The molecule has 0 saturated carbocycles. The van der Waals surface area contributed by atoms with Gasteiger partial charge in [0.25, 0.3) is 5.91 Å². The number of H-pyrrole nitrogens is 1. The van der Waals surface area contributed by atoms with Gasteiger partial charge in [0.2, 0.25) is 0 Å². The molecule has 0 aliphatic carbocycles. The van der Waals surface area contributed by atoms with Gasteiger partial charge in [0.1, 0.15) is 5.82 Å². The van der Waals surface area contributed by atoms with Gasteiger partial charge < -0.3 is 10.6 Å².